The molecule has 0 saturated heterocycles. The van der Waals surface area contributed by atoms with Crippen LogP contribution in [0.2, 0.25) is 0 Å². The van der Waals surface area contributed by atoms with E-state index in [2.05, 4.69) is 10.1 Å². The summed E-state index contributed by atoms with van der Waals surface area (Å²) in [7, 11) is 1.49. The molecule has 100 valence electrons. The van der Waals surface area contributed by atoms with Crippen LogP contribution in [0.1, 0.15) is 12.2 Å². The second kappa shape index (κ2) is 4.88. The molecule has 19 heavy (non-hydrogen) atoms. The molecule has 0 spiro atoms. The standard InChI is InChI=1S/C10H10N4O5/c1-13-8(14(17)18)5-11-10(13)7-4-6(19-12-7)2-3-9(15)16/h4-5H,2-3H2,1H3,(H,15,16). The third kappa shape index (κ3) is 2.59. The highest BCUT2D eigenvalue weighted by Gasteiger charge is 2.21. The number of carbonyl (C=O) groups is 1. The molecule has 2 rings (SSSR count). The Hall–Kier alpha value is -2.71. The van der Waals surface area contributed by atoms with E-state index in [0.717, 1.165) is 6.20 Å². The normalized spacial score (nSPS) is 10.6. The summed E-state index contributed by atoms with van der Waals surface area (Å²) in [6.45, 7) is 0. The van der Waals surface area contributed by atoms with Crippen LogP contribution in [0.15, 0.2) is 16.8 Å². The van der Waals surface area contributed by atoms with Crippen molar-refractivity contribution < 1.29 is 19.3 Å². The average molecular weight is 266 g/mol. The van der Waals surface area contributed by atoms with Crippen LogP contribution in [0, 0.1) is 10.1 Å². The van der Waals surface area contributed by atoms with E-state index in [9.17, 15) is 14.9 Å². The smallest absolute Gasteiger partial charge is 0.342 e. The molecule has 0 aliphatic heterocycles. The van der Waals surface area contributed by atoms with Crippen molar-refractivity contribution in [2.24, 2.45) is 7.05 Å². The van der Waals surface area contributed by atoms with E-state index in [0.29, 0.717) is 11.5 Å². The minimum Gasteiger partial charge on any atom is -0.481 e. The summed E-state index contributed by atoms with van der Waals surface area (Å²) < 4.78 is 6.23. The van der Waals surface area contributed by atoms with Gasteiger partial charge in [-0.2, -0.15) is 0 Å². The molecule has 0 unspecified atom stereocenters. The molecule has 0 aliphatic carbocycles. The van der Waals surface area contributed by atoms with Gasteiger partial charge >= 0.3 is 11.8 Å². The predicted molar refractivity (Wildman–Crippen MR) is 61.3 cm³/mol. The fourth-order valence-corrected chi connectivity index (χ4v) is 1.57. The maximum atomic E-state index is 10.7. The van der Waals surface area contributed by atoms with Gasteiger partial charge in [-0.3, -0.25) is 4.79 Å². The molecule has 9 heteroatoms. The van der Waals surface area contributed by atoms with Crippen molar-refractivity contribution in [3.05, 3.63) is 28.1 Å². The molecule has 2 aromatic rings. The van der Waals surface area contributed by atoms with Crippen LogP contribution in [0.25, 0.3) is 11.5 Å². The lowest BCUT2D eigenvalue weighted by Crippen LogP contribution is -1.99. The van der Waals surface area contributed by atoms with Crippen LogP contribution in [-0.4, -0.2) is 30.7 Å². The van der Waals surface area contributed by atoms with Crippen molar-refractivity contribution in [3.8, 4) is 11.5 Å². The van der Waals surface area contributed by atoms with Crippen LogP contribution in [-0.2, 0) is 18.3 Å². The molecule has 0 amide bonds. The largest absolute Gasteiger partial charge is 0.481 e. The second-order valence-electron chi connectivity index (χ2n) is 3.83. The summed E-state index contributed by atoms with van der Waals surface area (Å²) in [5, 5.41) is 23.0. The molecule has 0 aliphatic rings. The minimum atomic E-state index is -0.939. The first-order valence-electron chi connectivity index (χ1n) is 5.33. The Bertz CT molecular complexity index is 630. The van der Waals surface area contributed by atoms with Crippen LogP contribution in [0.3, 0.4) is 0 Å². The number of rotatable bonds is 5. The van der Waals surface area contributed by atoms with E-state index in [1.807, 2.05) is 0 Å². The van der Waals surface area contributed by atoms with Gasteiger partial charge < -0.3 is 19.7 Å². The number of hydrogen-bond donors (Lipinski definition) is 1. The number of nitrogens with zero attached hydrogens (tertiary/aromatic N) is 4. The molecule has 0 atom stereocenters. The molecular formula is C10H10N4O5. The van der Waals surface area contributed by atoms with Crippen molar-refractivity contribution in [3.63, 3.8) is 0 Å². The van der Waals surface area contributed by atoms with Crippen molar-refractivity contribution in [2.75, 3.05) is 0 Å². The van der Waals surface area contributed by atoms with E-state index in [4.69, 9.17) is 9.63 Å². The molecular weight excluding hydrogens is 256 g/mol. The summed E-state index contributed by atoms with van der Waals surface area (Å²) in [5.74, 6) is -0.421. The van der Waals surface area contributed by atoms with Crippen LogP contribution in [0.4, 0.5) is 5.82 Å². The van der Waals surface area contributed by atoms with Gasteiger partial charge in [-0.15, -0.1) is 0 Å². The fraction of sp³-hybridized carbons (Fsp3) is 0.300. The lowest BCUT2D eigenvalue weighted by molar-refractivity contribution is -0.391. The topological polar surface area (TPSA) is 124 Å². The van der Waals surface area contributed by atoms with Gasteiger partial charge in [-0.1, -0.05) is 5.16 Å². The van der Waals surface area contributed by atoms with Crippen molar-refractivity contribution >= 4 is 11.8 Å². The zero-order valence-electron chi connectivity index (χ0n) is 9.94. The molecule has 0 radical (unpaired) electrons. The van der Waals surface area contributed by atoms with Gasteiger partial charge in [0.25, 0.3) is 5.82 Å². The molecule has 2 aromatic heterocycles. The highest BCUT2D eigenvalue weighted by Crippen LogP contribution is 2.22. The lowest BCUT2D eigenvalue weighted by Gasteiger charge is -1.94. The zero-order valence-corrected chi connectivity index (χ0v) is 9.94. The quantitative estimate of drug-likeness (QED) is 0.632. The van der Waals surface area contributed by atoms with Gasteiger partial charge in [0.2, 0.25) is 0 Å². The SMILES string of the molecule is Cn1c([N+](=O)[O-])cnc1-c1cc(CCC(=O)O)on1. The first-order valence-corrected chi connectivity index (χ1v) is 5.33. The summed E-state index contributed by atoms with van der Waals surface area (Å²) in [6.07, 6.45) is 1.26. The van der Waals surface area contributed by atoms with E-state index in [-0.39, 0.29) is 24.5 Å². The third-order valence-electron chi connectivity index (χ3n) is 2.52. The summed E-state index contributed by atoms with van der Waals surface area (Å²) >= 11 is 0. The van der Waals surface area contributed by atoms with Crippen molar-refractivity contribution in [1.82, 2.24) is 14.7 Å². The molecule has 0 aromatic carbocycles. The van der Waals surface area contributed by atoms with Crippen LogP contribution in [0.5, 0.6) is 0 Å². The number of carboxylic acid groups (broad SMARTS) is 1. The Morgan fingerprint density at radius 3 is 2.95 bits per heavy atom. The van der Waals surface area contributed by atoms with Gasteiger partial charge in [0.05, 0.1) is 13.5 Å². The highest BCUT2D eigenvalue weighted by molar-refractivity contribution is 5.67. The summed E-state index contributed by atoms with van der Waals surface area (Å²) in [5.41, 5.74) is 0.330. The maximum absolute atomic E-state index is 10.7. The summed E-state index contributed by atoms with van der Waals surface area (Å²) in [6, 6.07) is 1.52. The Morgan fingerprint density at radius 2 is 2.37 bits per heavy atom. The monoisotopic (exact) mass is 266 g/mol. The van der Waals surface area contributed by atoms with E-state index < -0.39 is 10.9 Å². The minimum absolute atomic E-state index is 0.0741. The number of nitro groups is 1. The first kappa shape index (κ1) is 12.7. The Morgan fingerprint density at radius 1 is 1.63 bits per heavy atom. The highest BCUT2D eigenvalue weighted by atomic mass is 16.6. The number of aliphatic carboxylic acids is 1. The summed E-state index contributed by atoms with van der Waals surface area (Å²) in [4.78, 5) is 24.5. The Kier molecular flexibility index (Phi) is 3.27. The molecule has 0 fully saturated rings. The predicted octanol–water partition coefficient (Wildman–Crippen LogP) is 1.00. The van der Waals surface area contributed by atoms with E-state index in [1.165, 1.54) is 17.7 Å². The van der Waals surface area contributed by atoms with E-state index in [1.54, 1.807) is 0 Å². The number of carboxylic acids is 1. The number of aryl methyl sites for hydroxylation is 1. The Balaban J connectivity index is 2.23. The number of imidazole rings is 1. The molecule has 0 bridgehead atoms. The van der Waals surface area contributed by atoms with Gasteiger partial charge in [0, 0.05) is 12.5 Å². The Labute approximate surface area is 106 Å². The van der Waals surface area contributed by atoms with Crippen molar-refractivity contribution in [2.45, 2.75) is 12.8 Å². The number of aromatic nitrogens is 3. The zero-order chi connectivity index (χ0) is 14.0. The second-order valence-corrected chi connectivity index (χ2v) is 3.83. The third-order valence-corrected chi connectivity index (χ3v) is 2.52. The number of hydrogen-bond acceptors (Lipinski definition) is 6. The van der Waals surface area contributed by atoms with Crippen LogP contribution >= 0.6 is 0 Å². The molecule has 9 nitrogen and oxygen atoms in total. The van der Waals surface area contributed by atoms with Gasteiger partial charge in [0.15, 0.2) is 5.69 Å². The molecule has 2 heterocycles. The van der Waals surface area contributed by atoms with Crippen molar-refractivity contribution in [1.29, 1.82) is 0 Å². The molecule has 1 N–H and O–H groups in total. The van der Waals surface area contributed by atoms with Gasteiger partial charge in [-0.05, 0) is 4.92 Å². The van der Waals surface area contributed by atoms with Gasteiger partial charge in [0.1, 0.15) is 12.0 Å². The average Bonchev–Trinajstić information content (AvgIpc) is 2.92. The van der Waals surface area contributed by atoms with Crippen LogP contribution < -0.4 is 0 Å². The maximum Gasteiger partial charge on any atom is 0.342 e. The lowest BCUT2D eigenvalue weighted by atomic mass is 10.2. The first-order chi connectivity index (χ1) is 8.99. The molecule has 0 saturated carbocycles. The van der Waals surface area contributed by atoms with Gasteiger partial charge in [-0.25, -0.2) is 9.55 Å². The van der Waals surface area contributed by atoms with E-state index >= 15 is 0 Å². The fourth-order valence-electron chi connectivity index (χ4n) is 1.57.